The van der Waals surface area contributed by atoms with E-state index in [0.717, 1.165) is 23.2 Å². The molecule has 1 aromatic carbocycles. The summed E-state index contributed by atoms with van der Waals surface area (Å²) in [5.74, 6) is 1.49. The van der Waals surface area contributed by atoms with Crippen LogP contribution in [0.15, 0.2) is 23.1 Å². The van der Waals surface area contributed by atoms with E-state index in [1.807, 2.05) is 18.2 Å². The number of H-pyrrole nitrogens is 1. The molecule has 0 spiro atoms. The first-order valence-electron chi connectivity index (χ1n) is 6.27. The molecule has 1 aromatic heterocycles. The lowest BCUT2D eigenvalue weighted by Crippen LogP contribution is -2.11. The molecule has 1 amide bonds. The Hall–Kier alpha value is -1.62. The van der Waals surface area contributed by atoms with Crippen LogP contribution in [0.2, 0.25) is 0 Å². The Morgan fingerprint density at radius 1 is 1.59 bits per heavy atom. The summed E-state index contributed by atoms with van der Waals surface area (Å²) in [6, 6.07) is 6.00. The van der Waals surface area contributed by atoms with Crippen molar-refractivity contribution in [3.8, 4) is 0 Å². The average Bonchev–Trinajstić information content (AvgIpc) is 2.85. The molecule has 0 radical (unpaired) electrons. The van der Waals surface area contributed by atoms with Gasteiger partial charge in [0.05, 0.1) is 18.1 Å². The fourth-order valence-electron chi connectivity index (χ4n) is 1.51. The molecule has 1 heterocycles. The van der Waals surface area contributed by atoms with E-state index >= 15 is 0 Å². The van der Waals surface area contributed by atoms with Crippen LogP contribution < -0.4 is 10.5 Å². The molecule has 10 heteroatoms. The Labute approximate surface area is 134 Å². The van der Waals surface area contributed by atoms with Crippen molar-refractivity contribution < 1.29 is 18.3 Å². The molecule has 0 bridgehead atoms. The number of nitrogens with one attached hydrogen (secondary N) is 2. The number of nitrogens with zero attached hydrogens (tertiary/aromatic N) is 1. The lowest BCUT2D eigenvalue weighted by molar-refractivity contribution is 0.186. The predicted molar refractivity (Wildman–Crippen MR) is 86.2 cm³/mol. The number of aromatic amines is 1. The zero-order valence-corrected chi connectivity index (χ0v) is 13.8. The molecular formula is C12H17N4O4S2-. The van der Waals surface area contributed by atoms with Crippen molar-refractivity contribution in [3.63, 3.8) is 0 Å². The monoisotopic (exact) mass is 345 g/mol. The van der Waals surface area contributed by atoms with Gasteiger partial charge in [-0.2, -0.15) is 0 Å². The van der Waals surface area contributed by atoms with Gasteiger partial charge in [-0.1, -0.05) is 6.92 Å². The smallest absolute Gasteiger partial charge is 0.413 e. The van der Waals surface area contributed by atoms with Crippen LogP contribution in [0.5, 0.6) is 0 Å². The van der Waals surface area contributed by atoms with Crippen molar-refractivity contribution in [1.82, 2.24) is 9.97 Å². The minimum atomic E-state index is -2.36. The predicted octanol–water partition coefficient (Wildman–Crippen LogP) is 1.98. The molecule has 122 valence electrons. The number of amides is 1. The fourth-order valence-corrected chi connectivity index (χ4v) is 2.31. The number of hydrogen-bond donors (Lipinski definition) is 3. The third kappa shape index (κ3) is 6.43. The highest BCUT2D eigenvalue weighted by Gasteiger charge is 2.07. The summed E-state index contributed by atoms with van der Waals surface area (Å²) >= 11 is -0.558. The number of imidazole rings is 1. The minimum Gasteiger partial charge on any atom is -0.760 e. The largest absolute Gasteiger partial charge is 0.760 e. The molecule has 0 saturated carbocycles. The van der Waals surface area contributed by atoms with Gasteiger partial charge in [0.2, 0.25) is 5.95 Å². The highest BCUT2D eigenvalue weighted by atomic mass is 32.2. The Morgan fingerprint density at radius 2 is 2.27 bits per heavy atom. The highest BCUT2D eigenvalue weighted by Crippen LogP contribution is 2.23. The molecule has 4 N–H and O–H groups in total. The number of ether oxygens (including phenoxy) is 1. The molecule has 1 unspecified atom stereocenters. The molecule has 8 nitrogen and oxygen atoms in total. The number of anilines is 1. The number of methoxy groups -OCH3 is 1. The van der Waals surface area contributed by atoms with E-state index in [4.69, 9.17) is 8.76 Å². The number of aromatic nitrogens is 2. The molecule has 0 aliphatic heterocycles. The lowest BCUT2D eigenvalue weighted by Gasteiger charge is -1.98. The lowest BCUT2D eigenvalue weighted by atomic mass is 10.3. The number of thioether (sulfide) groups is 1. The second kappa shape index (κ2) is 9.41. The van der Waals surface area contributed by atoms with E-state index in [0.29, 0.717) is 5.95 Å². The Bertz CT molecular complexity index is 643. The van der Waals surface area contributed by atoms with Crippen molar-refractivity contribution in [1.29, 1.82) is 0 Å². The number of benzene rings is 1. The molecule has 0 aliphatic rings. The maximum Gasteiger partial charge on any atom is 0.413 e. The number of carbonyl (C=O) groups is 1. The van der Waals surface area contributed by atoms with Gasteiger partial charge in [0.15, 0.2) is 0 Å². The van der Waals surface area contributed by atoms with Gasteiger partial charge >= 0.3 is 6.09 Å². The Kier molecular flexibility index (Phi) is 7.88. The van der Waals surface area contributed by atoms with Crippen LogP contribution in [0.25, 0.3) is 11.0 Å². The van der Waals surface area contributed by atoms with Crippen LogP contribution in [-0.2, 0) is 16.0 Å². The topological polar surface area (TPSA) is 133 Å². The minimum absolute atomic E-state index is 0.398. The van der Waals surface area contributed by atoms with Crippen LogP contribution in [0, 0.1) is 0 Å². The van der Waals surface area contributed by atoms with Crippen molar-refractivity contribution in [2.45, 2.75) is 18.2 Å². The standard InChI is InChI=1S/C12H15N3O2S.H3NO2S/c1-3-6-18-8-4-5-9-10(7-8)14-11(13-9)15-12(16)17-2;1-4(2)3/h4-5,7H,3,6H2,1-2H3,(H2,13,14,15,16);1H2,(H,2,3)/p-1. The van der Waals surface area contributed by atoms with Crippen LogP contribution >= 0.6 is 11.8 Å². The van der Waals surface area contributed by atoms with Gasteiger partial charge in [-0.05, 0) is 30.4 Å². The molecule has 1 atom stereocenters. The number of hydrogen-bond acceptors (Lipinski definition) is 6. The van der Waals surface area contributed by atoms with E-state index in [1.54, 1.807) is 11.8 Å². The molecule has 0 aliphatic carbocycles. The molecule has 2 rings (SSSR count). The zero-order chi connectivity index (χ0) is 16.5. The summed E-state index contributed by atoms with van der Waals surface area (Å²) in [6.07, 6.45) is 0.607. The number of carbonyl (C=O) groups excluding carboxylic acids is 1. The second-order valence-electron chi connectivity index (χ2n) is 3.99. The van der Waals surface area contributed by atoms with Crippen molar-refractivity contribution in [2.24, 2.45) is 5.14 Å². The summed E-state index contributed by atoms with van der Waals surface area (Å²) in [6.45, 7) is 2.15. The average molecular weight is 345 g/mol. The first kappa shape index (κ1) is 18.4. The van der Waals surface area contributed by atoms with Gasteiger partial charge < -0.3 is 14.3 Å². The summed E-state index contributed by atoms with van der Waals surface area (Å²) in [5, 5.41) is 6.54. The van der Waals surface area contributed by atoms with Crippen LogP contribution in [0.1, 0.15) is 13.3 Å². The summed E-state index contributed by atoms with van der Waals surface area (Å²) in [5.41, 5.74) is 1.73. The van der Waals surface area contributed by atoms with Crippen molar-refractivity contribution in [2.75, 3.05) is 18.2 Å². The second-order valence-corrected chi connectivity index (χ2v) is 5.68. The van der Waals surface area contributed by atoms with Gasteiger partial charge in [-0.3, -0.25) is 14.7 Å². The maximum absolute atomic E-state index is 11.1. The summed E-state index contributed by atoms with van der Waals surface area (Å²) in [4.78, 5) is 19.5. The number of fused-ring (bicyclic) bond motifs is 1. The zero-order valence-electron chi connectivity index (χ0n) is 12.1. The van der Waals surface area contributed by atoms with Gasteiger partial charge in [-0.15, -0.1) is 11.8 Å². The molecular weight excluding hydrogens is 328 g/mol. The molecule has 22 heavy (non-hydrogen) atoms. The maximum atomic E-state index is 11.1. The first-order chi connectivity index (χ1) is 10.5. The normalized spacial score (nSPS) is 11.5. The third-order valence-corrected chi connectivity index (χ3v) is 3.53. The molecule has 0 fully saturated rings. The SMILES string of the molecule is CCCSc1ccc2nc(NC(=O)OC)[nH]c2c1.NS(=O)[O-]. The Balaban J connectivity index is 0.000000541. The van der Waals surface area contributed by atoms with E-state index in [2.05, 4.69) is 32.1 Å². The van der Waals surface area contributed by atoms with Gasteiger partial charge in [-0.25, -0.2) is 9.78 Å². The van der Waals surface area contributed by atoms with E-state index in [9.17, 15) is 4.79 Å². The van der Waals surface area contributed by atoms with Gasteiger partial charge in [0.25, 0.3) is 0 Å². The quantitative estimate of drug-likeness (QED) is 0.573. The summed E-state index contributed by atoms with van der Waals surface area (Å²) in [7, 11) is 1.32. The molecule has 2 aromatic rings. The number of rotatable bonds is 4. The first-order valence-corrected chi connectivity index (χ1v) is 8.39. The van der Waals surface area contributed by atoms with Crippen molar-refractivity contribution >= 4 is 46.1 Å². The van der Waals surface area contributed by atoms with Gasteiger partial charge in [0, 0.05) is 16.2 Å². The van der Waals surface area contributed by atoms with E-state index in [1.165, 1.54) is 12.0 Å². The van der Waals surface area contributed by atoms with Crippen LogP contribution in [-0.4, -0.2) is 37.7 Å². The Morgan fingerprint density at radius 3 is 2.86 bits per heavy atom. The van der Waals surface area contributed by atoms with Crippen molar-refractivity contribution in [3.05, 3.63) is 18.2 Å². The summed E-state index contributed by atoms with van der Waals surface area (Å²) < 4.78 is 22.1. The van der Waals surface area contributed by atoms with E-state index in [-0.39, 0.29) is 0 Å². The van der Waals surface area contributed by atoms with Crippen LogP contribution in [0.3, 0.4) is 0 Å². The third-order valence-electron chi connectivity index (χ3n) is 2.33. The molecule has 0 saturated heterocycles. The highest BCUT2D eigenvalue weighted by molar-refractivity contribution is 7.99. The number of nitrogens with two attached hydrogens (primary N) is 1. The van der Waals surface area contributed by atoms with Crippen LogP contribution in [0.4, 0.5) is 10.7 Å². The fraction of sp³-hybridized carbons (Fsp3) is 0.333. The van der Waals surface area contributed by atoms with Gasteiger partial charge in [0.1, 0.15) is 0 Å². The van der Waals surface area contributed by atoms with E-state index < -0.39 is 17.4 Å².